The van der Waals surface area contributed by atoms with E-state index in [1.54, 1.807) is 0 Å². The van der Waals surface area contributed by atoms with Gasteiger partial charge in [-0.1, -0.05) is 35.9 Å². The molecule has 1 fully saturated rings. The van der Waals surface area contributed by atoms with Gasteiger partial charge in [-0.05, 0) is 75.3 Å². The summed E-state index contributed by atoms with van der Waals surface area (Å²) in [5.74, 6) is -1.24. The molecule has 34 heavy (non-hydrogen) atoms. The number of esters is 1. The Morgan fingerprint density at radius 2 is 1.53 bits per heavy atom. The van der Waals surface area contributed by atoms with Gasteiger partial charge < -0.3 is 10.1 Å². The standard InChI is InChI=1S/C26H34N2O5S/c1-17-6-8-22(9-7-17)15-27-24(29)16-33-26(30)23-10-12-28(13-11-23)34(31,32)25-20(4)18(2)14-19(3)21(25)5/h6-9,14,23H,10-13,15-16H2,1-5H3,(H,27,29). The van der Waals surface area contributed by atoms with Gasteiger partial charge in [0.2, 0.25) is 10.0 Å². The Balaban J connectivity index is 1.52. The Morgan fingerprint density at radius 1 is 0.971 bits per heavy atom. The summed E-state index contributed by atoms with van der Waals surface area (Å²) in [6, 6.07) is 9.81. The van der Waals surface area contributed by atoms with Crippen LogP contribution in [0.1, 0.15) is 46.2 Å². The molecule has 0 radical (unpaired) electrons. The third kappa shape index (κ3) is 5.85. The maximum atomic E-state index is 13.4. The molecular formula is C26H34N2O5S. The number of nitrogens with one attached hydrogen (secondary N) is 1. The number of carbonyl (C=O) groups excluding carboxylic acids is 2. The van der Waals surface area contributed by atoms with Crippen molar-refractivity contribution in [2.45, 2.75) is 58.9 Å². The first-order valence-electron chi connectivity index (χ1n) is 11.6. The quantitative estimate of drug-likeness (QED) is 0.605. The molecule has 1 aliphatic rings. The van der Waals surface area contributed by atoms with Gasteiger partial charge in [-0.3, -0.25) is 9.59 Å². The molecule has 8 heteroatoms. The minimum absolute atomic E-state index is 0.244. The van der Waals surface area contributed by atoms with Crippen LogP contribution in [0.3, 0.4) is 0 Å². The highest BCUT2D eigenvalue weighted by Gasteiger charge is 2.35. The number of rotatable bonds is 7. The zero-order valence-electron chi connectivity index (χ0n) is 20.6. The minimum atomic E-state index is -3.66. The lowest BCUT2D eigenvalue weighted by Gasteiger charge is -2.31. The fourth-order valence-electron chi connectivity index (χ4n) is 4.24. The number of nitrogens with zero attached hydrogens (tertiary/aromatic N) is 1. The average molecular weight is 487 g/mol. The normalized spacial score (nSPS) is 15.2. The predicted octanol–water partition coefficient (Wildman–Crippen LogP) is 3.49. The molecule has 1 N–H and O–H groups in total. The topological polar surface area (TPSA) is 92.8 Å². The monoisotopic (exact) mass is 486 g/mol. The van der Waals surface area contributed by atoms with Crippen molar-refractivity contribution in [3.8, 4) is 0 Å². The first-order chi connectivity index (χ1) is 16.0. The molecule has 2 aromatic rings. The molecule has 0 bridgehead atoms. The average Bonchev–Trinajstić information content (AvgIpc) is 2.81. The number of sulfonamides is 1. The molecule has 0 atom stereocenters. The van der Waals surface area contributed by atoms with Gasteiger partial charge in [-0.15, -0.1) is 0 Å². The van der Waals surface area contributed by atoms with E-state index in [1.807, 2.05) is 65.0 Å². The first-order valence-corrected chi connectivity index (χ1v) is 13.0. The second kappa shape index (κ2) is 10.7. The molecule has 1 heterocycles. The molecular weight excluding hydrogens is 452 g/mol. The van der Waals surface area contributed by atoms with Crippen molar-refractivity contribution in [1.82, 2.24) is 9.62 Å². The van der Waals surface area contributed by atoms with Gasteiger partial charge in [0.1, 0.15) is 0 Å². The highest BCUT2D eigenvalue weighted by atomic mass is 32.2. The Labute approximate surface area is 202 Å². The van der Waals surface area contributed by atoms with Crippen molar-refractivity contribution in [2.24, 2.45) is 5.92 Å². The van der Waals surface area contributed by atoms with Crippen LogP contribution >= 0.6 is 0 Å². The summed E-state index contributed by atoms with van der Waals surface area (Å²) in [5.41, 5.74) is 5.53. The lowest BCUT2D eigenvalue weighted by molar-refractivity contribution is -0.153. The molecule has 184 valence electrons. The number of piperidine rings is 1. The van der Waals surface area contributed by atoms with Gasteiger partial charge in [0.15, 0.2) is 6.61 Å². The number of aryl methyl sites for hydroxylation is 3. The Hall–Kier alpha value is -2.71. The molecule has 0 saturated carbocycles. The molecule has 1 saturated heterocycles. The summed E-state index contributed by atoms with van der Waals surface area (Å²) < 4.78 is 33.4. The van der Waals surface area contributed by atoms with Crippen LogP contribution in [-0.4, -0.2) is 44.3 Å². The highest BCUT2D eigenvalue weighted by molar-refractivity contribution is 7.89. The molecule has 2 aromatic carbocycles. The third-order valence-electron chi connectivity index (χ3n) is 6.64. The number of hydrogen-bond acceptors (Lipinski definition) is 5. The number of ether oxygens (including phenoxy) is 1. The van der Waals surface area contributed by atoms with E-state index in [0.29, 0.717) is 24.3 Å². The van der Waals surface area contributed by atoms with E-state index < -0.39 is 21.9 Å². The van der Waals surface area contributed by atoms with E-state index in [2.05, 4.69) is 5.32 Å². The van der Waals surface area contributed by atoms with Crippen molar-refractivity contribution < 1.29 is 22.7 Å². The van der Waals surface area contributed by atoms with Crippen LogP contribution in [0.2, 0.25) is 0 Å². The number of hydrogen-bond donors (Lipinski definition) is 1. The Morgan fingerprint density at radius 3 is 2.09 bits per heavy atom. The van der Waals surface area contributed by atoms with Crippen LogP contribution in [0.4, 0.5) is 0 Å². The fourth-order valence-corrected chi connectivity index (χ4v) is 6.29. The predicted molar refractivity (Wildman–Crippen MR) is 131 cm³/mol. The van der Waals surface area contributed by atoms with Crippen molar-refractivity contribution in [1.29, 1.82) is 0 Å². The maximum absolute atomic E-state index is 13.4. The fraction of sp³-hybridized carbons (Fsp3) is 0.462. The Kier molecular flexibility index (Phi) is 8.15. The molecule has 0 unspecified atom stereocenters. The van der Waals surface area contributed by atoms with E-state index in [1.165, 1.54) is 4.31 Å². The molecule has 3 rings (SSSR count). The molecule has 7 nitrogen and oxygen atoms in total. The largest absolute Gasteiger partial charge is 0.455 e. The molecule has 0 aliphatic carbocycles. The molecule has 0 spiro atoms. The van der Waals surface area contributed by atoms with E-state index in [9.17, 15) is 18.0 Å². The number of amides is 1. The number of benzene rings is 2. The van der Waals surface area contributed by atoms with Crippen LogP contribution in [0, 0.1) is 40.5 Å². The van der Waals surface area contributed by atoms with Gasteiger partial charge in [0, 0.05) is 19.6 Å². The second-order valence-corrected chi connectivity index (χ2v) is 11.0. The lowest BCUT2D eigenvalue weighted by Crippen LogP contribution is -2.41. The van der Waals surface area contributed by atoms with Crippen molar-refractivity contribution in [3.05, 3.63) is 63.7 Å². The van der Waals surface area contributed by atoms with Crippen LogP contribution in [0.5, 0.6) is 0 Å². The lowest BCUT2D eigenvalue weighted by atomic mass is 9.98. The smallest absolute Gasteiger partial charge is 0.309 e. The van der Waals surface area contributed by atoms with Crippen molar-refractivity contribution in [2.75, 3.05) is 19.7 Å². The van der Waals surface area contributed by atoms with E-state index >= 15 is 0 Å². The third-order valence-corrected chi connectivity index (χ3v) is 8.81. The summed E-state index contributed by atoms with van der Waals surface area (Å²) in [4.78, 5) is 24.9. The molecule has 1 amide bonds. The summed E-state index contributed by atoms with van der Waals surface area (Å²) in [7, 11) is -3.66. The highest BCUT2D eigenvalue weighted by Crippen LogP contribution is 2.31. The zero-order valence-corrected chi connectivity index (χ0v) is 21.4. The minimum Gasteiger partial charge on any atom is -0.455 e. The van der Waals surface area contributed by atoms with E-state index in [-0.39, 0.29) is 25.6 Å². The first kappa shape index (κ1) is 25.9. The van der Waals surface area contributed by atoms with Crippen molar-refractivity contribution >= 4 is 21.9 Å². The molecule has 1 aliphatic heterocycles. The van der Waals surface area contributed by atoms with Crippen LogP contribution < -0.4 is 5.32 Å². The van der Waals surface area contributed by atoms with Gasteiger partial charge >= 0.3 is 5.97 Å². The van der Waals surface area contributed by atoms with Gasteiger partial charge in [-0.25, -0.2) is 8.42 Å². The summed E-state index contributed by atoms with van der Waals surface area (Å²) >= 11 is 0. The van der Waals surface area contributed by atoms with Gasteiger partial charge in [0.05, 0.1) is 10.8 Å². The summed E-state index contributed by atoms with van der Waals surface area (Å²) in [6.45, 7) is 10.0. The van der Waals surface area contributed by atoms with E-state index in [4.69, 9.17) is 4.74 Å². The van der Waals surface area contributed by atoms with E-state index in [0.717, 1.165) is 33.4 Å². The van der Waals surface area contributed by atoms with Crippen LogP contribution in [-0.2, 0) is 30.9 Å². The summed E-state index contributed by atoms with van der Waals surface area (Å²) in [6.07, 6.45) is 0.734. The zero-order chi connectivity index (χ0) is 25.0. The maximum Gasteiger partial charge on any atom is 0.309 e. The van der Waals surface area contributed by atoms with Crippen LogP contribution in [0.25, 0.3) is 0 Å². The number of carbonyl (C=O) groups is 2. The van der Waals surface area contributed by atoms with Crippen LogP contribution in [0.15, 0.2) is 35.2 Å². The van der Waals surface area contributed by atoms with Crippen molar-refractivity contribution in [3.63, 3.8) is 0 Å². The molecule has 0 aromatic heterocycles. The van der Waals surface area contributed by atoms with Gasteiger partial charge in [0.25, 0.3) is 5.91 Å². The summed E-state index contributed by atoms with van der Waals surface area (Å²) in [5, 5.41) is 2.74. The van der Waals surface area contributed by atoms with Gasteiger partial charge in [-0.2, -0.15) is 4.31 Å². The second-order valence-electron chi connectivity index (χ2n) is 9.14. The Bertz CT molecular complexity index is 1140. The SMILES string of the molecule is Cc1ccc(CNC(=O)COC(=O)C2CCN(S(=O)(=O)c3c(C)c(C)cc(C)c3C)CC2)cc1.